The number of piperazine rings is 1. The van der Waals surface area contributed by atoms with Crippen LogP contribution in [0.2, 0.25) is 0 Å². The van der Waals surface area contributed by atoms with Crippen LogP contribution in [0, 0.1) is 0 Å². The van der Waals surface area contributed by atoms with Crippen molar-refractivity contribution in [3.63, 3.8) is 0 Å². The number of hydrogen-bond acceptors (Lipinski definition) is 4. The van der Waals surface area contributed by atoms with Crippen LogP contribution in [-0.2, 0) is 0 Å². The molecule has 4 rings (SSSR count). The van der Waals surface area contributed by atoms with Crippen molar-refractivity contribution in [3.05, 3.63) is 0 Å². The van der Waals surface area contributed by atoms with Crippen molar-refractivity contribution in [2.24, 2.45) is 0 Å². The van der Waals surface area contributed by atoms with Crippen LogP contribution in [-0.4, -0.2) is 85.2 Å². The molecule has 4 saturated heterocycles. The van der Waals surface area contributed by atoms with Gasteiger partial charge in [0.15, 0.2) is 0 Å². The Bertz CT molecular complexity index is 296. The van der Waals surface area contributed by atoms with E-state index in [-0.39, 0.29) is 0 Å². The lowest BCUT2D eigenvalue weighted by atomic mass is 9.97. The zero-order valence-corrected chi connectivity index (χ0v) is 11.4. The highest BCUT2D eigenvalue weighted by Crippen LogP contribution is 2.34. The summed E-state index contributed by atoms with van der Waals surface area (Å²) in [5.41, 5.74) is 0. The SMILES string of the molecule is C1CC2C(N3CC(N4CCNCC4)C3)CCN2C1. The van der Waals surface area contributed by atoms with E-state index in [1.165, 1.54) is 71.6 Å². The summed E-state index contributed by atoms with van der Waals surface area (Å²) in [6.07, 6.45) is 4.33. The van der Waals surface area contributed by atoms with Gasteiger partial charge in [-0.3, -0.25) is 14.7 Å². The van der Waals surface area contributed by atoms with E-state index in [4.69, 9.17) is 0 Å². The molecule has 4 aliphatic rings. The van der Waals surface area contributed by atoms with Crippen LogP contribution in [0.15, 0.2) is 0 Å². The van der Waals surface area contributed by atoms with E-state index in [0.717, 1.165) is 18.1 Å². The molecule has 2 unspecified atom stereocenters. The highest BCUT2D eigenvalue weighted by molar-refractivity contribution is 5.02. The Kier molecular flexibility index (Phi) is 3.07. The Morgan fingerprint density at radius 3 is 2.33 bits per heavy atom. The monoisotopic (exact) mass is 250 g/mol. The van der Waals surface area contributed by atoms with Gasteiger partial charge in [0.1, 0.15) is 0 Å². The van der Waals surface area contributed by atoms with E-state index >= 15 is 0 Å². The Hall–Kier alpha value is -0.160. The van der Waals surface area contributed by atoms with Crippen molar-refractivity contribution >= 4 is 0 Å². The summed E-state index contributed by atoms with van der Waals surface area (Å²) < 4.78 is 0. The Balaban J connectivity index is 1.31. The molecule has 0 radical (unpaired) electrons. The summed E-state index contributed by atoms with van der Waals surface area (Å²) in [5.74, 6) is 0. The predicted molar refractivity (Wildman–Crippen MR) is 72.8 cm³/mol. The maximum atomic E-state index is 3.45. The summed E-state index contributed by atoms with van der Waals surface area (Å²) in [6, 6.07) is 2.67. The summed E-state index contributed by atoms with van der Waals surface area (Å²) >= 11 is 0. The average Bonchev–Trinajstić information content (AvgIpc) is 2.93. The average molecular weight is 250 g/mol. The second-order valence-electron chi connectivity index (χ2n) is 6.50. The molecule has 0 aromatic rings. The lowest BCUT2D eigenvalue weighted by Crippen LogP contribution is -2.65. The molecule has 0 bridgehead atoms. The molecule has 0 saturated carbocycles. The van der Waals surface area contributed by atoms with E-state index in [0.29, 0.717) is 0 Å². The van der Waals surface area contributed by atoms with Gasteiger partial charge in [-0.1, -0.05) is 0 Å². The van der Waals surface area contributed by atoms with Gasteiger partial charge in [0.25, 0.3) is 0 Å². The molecule has 4 aliphatic heterocycles. The zero-order chi connectivity index (χ0) is 11.9. The first-order chi connectivity index (χ1) is 8.92. The third-order valence-corrected chi connectivity index (χ3v) is 5.60. The van der Waals surface area contributed by atoms with Crippen LogP contribution in [0.25, 0.3) is 0 Å². The third-order valence-electron chi connectivity index (χ3n) is 5.60. The molecule has 0 amide bonds. The standard InChI is InChI=1S/C14H26N4/c1-2-13-14(3-7-17(13)6-1)18-10-12(11-18)16-8-4-15-5-9-16/h12-15H,1-11H2. The highest BCUT2D eigenvalue weighted by Gasteiger charge is 2.45. The summed E-state index contributed by atoms with van der Waals surface area (Å²) in [6.45, 7) is 10.3. The van der Waals surface area contributed by atoms with E-state index < -0.39 is 0 Å². The smallest absolute Gasteiger partial charge is 0.0351 e. The minimum absolute atomic E-state index is 0.863. The maximum absolute atomic E-state index is 3.45. The van der Waals surface area contributed by atoms with Gasteiger partial charge in [-0.05, 0) is 25.8 Å². The van der Waals surface area contributed by atoms with Crippen molar-refractivity contribution in [2.75, 3.05) is 52.4 Å². The first kappa shape index (κ1) is 11.6. The zero-order valence-electron chi connectivity index (χ0n) is 11.4. The van der Waals surface area contributed by atoms with Crippen LogP contribution in [0.5, 0.6) is 0 Å². The lowest BCUT2D eigenvalue weighted by molar-refractivity contribution is -0.00708. The van der Waals surface area contributed by atoms with Gasteiger partial charge in [-0.25, -0.2) is 0 Å². The van der Waals surface area contributed by atoms with Crippen LogP contribution in [0.4, 0.5) is 0 Å². The van der Waals surface area contributed by atoms with Crippen LogP contribution >= 0.6 is 0 Å². The molecule has 4 nitrogen and oxygen atoms in total. The van der Waals surface area contributed by atoms with Crippen molar-refractivity contribution < 1.29 is 0 Å². The number of nitrogens with zero attached hydrogens (tertiary/aromatic N) is 3. The Morgan fingerprint density at radius 1 is 0.722 bits per heavy atom. The number of rotatable bonds is 2. The molecule has 0 aromatic heterocycles. The molecule has 102 valence electrons. The second kappa shape index (κ2) is 4.75. The molecule has 4 heteroatoms. The molecule has 18 heavy (non-hydrogen) atoms. The van der Waals surface area contributed by atoms with Gasteiger partial charge >= 0.3 is 0 Å². The Morgan fingerprint density at radius 2 is 1.50 bits per heavy atom. The largest absolute Gasteiger partial charge is 0.314 e. The third kappa shape index (κ3) is 1.90. The topological polar surface area (TPSA) is 21.8 Å². The van der Waals surface area contributed by atoms with Crippen LogP contribution in [0.1, 0.15) is 19.3 Å². The summed E-state index contributed by atoms with van der Waals surface area (Å²) in [7, 11) is 0. The number of hydrogen-bond donors (Lipinski definition) is 1. The quantitative estimate of drug-likeness (QED) is 0.733. The van der Waals surface area contributed by atoms with E-state index in [9.17, 15) is 0 Å². The van der Waals surface area contributed by atoms with Crippen molar-refractivity contribution in [2.45, 2.75) is 37.4 Å². The minimum atomic E-state index is 0.863. The second-order valence-corrected chi connectivity index (χ2v) is 6.50. The normalized spacial score (nSPS) is 40.0. The molecule has 4 fully saturated rings. The van der Waals surface area contributed by atoms with Gasteiger partial charge in [-0.15, -0.1) is 0 Å². The fourth-order valence-electron chi connectivity index (χ4n) is 4.52. The molecule has 0 aromatic carbocycles. The van der Waals surface area contributed by atoms with Crippen molar-refractivity contribution in [1.29, 1.82) is 0 Å². The predicted octanol–water partition coefficient (Wildman–Crippen LogP) is -0.187. The summed E-state index contributed by atoms with van der Waals surface area (Å²) in [5, 5.41) is 3.45. The summed E-state index contributed by atoms with van der Waals surface area (Å²) in [4.78, 5) is 8.22. The van der Waals surface area contributed by atoms with E-state index in [2.05, 4.69) is 20.0 Å². The molecule has 4 heterocycles. The highest BCUT2D eigenvalue weighted by atomic mass is 15.4. The van der Waals surface area contributed by atoms with Crippen LogP contribution in [0.3, 0.4) is 0 Å². The first-order valence-electron chi connectivity index (χ1n) is 7.85. The molecule has 1 N–H and O–H groups in total. The van der Waals surface area contributed by atoms with Gasteiger partial charge < -0.3 is 5.32 Å². The molecular weight excluding hydrogens is 224 g/mol. The number of likely N-dealkylation sites (tertiary alicyclic amines) is 1. The Labute approximate surface area is 110 Å². The van der Waals surface area contributed by atoms with Gasteiger partial charge in [0, 0.05) is 63.9 Å². The van der Waals surface area contributed by atoms with Gasteiger partial charge in [0.2, 0.25) is 0 Å². The van der Waals surface area contributed by atoms with E-state index in [1.807, 2.05) is 0 Å². The van der Waals surface area contributed by atoms with Crippen molar-refractivity contribution in [1.82, 2.24) is 20.0 Å². The molecule has 0 spiro atoms. The number of fused-ring (bicyclic) bond motifs is 1. The fourth-order valence-corrected chi connectivity index (χ4v) is 4.52. The first-order valence-corrected chi connectivity index (χ1v) is 7.85. The van der Waals surface area contributed by atoms with Crippen LogP contribution < -0.4 is 5.32 Å². The number of nitrogens with one attached hydrogen (secondary N) is 1. The van der Waals surface area contributed by atoms with Gasteiger partial charge in [0.05, 0.1) is 0 Å². The van der Waals surface area contributed by atoms with E-state index in [1.54, 1.807) is 0 Å². The van der Waals surface area contributed by atoms with Gasteiger partial charge in [-0.2, -0.15) is 0 Å². The lowest BCUT2D eigenvalue weighted by Gasteiger charge is -2.50. The maximum Gasteiger partial charge on any atom is 0.0351 e. The molecule has 0 aliphatic carbocycles. The van der Waals surface area contributed by atoms with Crippen molar-refractivity contribution in [3.8, 4) is 0 Å². The molecule has 2 atom stereocenters. The minimum Gasteiger partial charge on any atom is -0.314 e. The fraction of sp³-hybridized carbons (Fsp3) is 1.00. The molecular formula is C14H26N4.